The number of aromatic hydroxyl groups is 1. The predicted molar refractivity (Wildman–Crippen MR) is 77.7 cm³/mol. The fraction of sp³-hybridized carbons (Fsp3) is 0.250. The van der Waals surface area contributed by atoms with Crippen LogP contribution in [0.25, 0.3) is 0 Å². The zero-order valence-electron chi connectivity index (χ0n) is 11.7. The van der Waals surface area contributed by atoms with Gasteiger partial charge in [-0.2, -0.15) is 0 Å². The van der Waals surface area contributed by atoms with Crippen molar-refractivity contribution in [1.29, 1.82) is 0 Å². The lowest BCUT2D eigenvalue weighted by atomic mass is 10.1. The van der Waals surface area contributed by atoms with E-state index in [1.54, 1.807) is 37.4 Å². The summed E-state index contributed by atoms with van der Waals surface area (Å²) < 4.78 is 17.9. The first-order chi connectivity index (χ1) is 10.1. The van der Waals surface area contributed by atoms with E-state index in [4.69, 9.17) is 4.74 Å². The van der Waals surface area contributed by atoms with E-state index < -0.39 is 6.10 Å². The summed E-state index contributed by atoms with van der Waals surface area (Å²) in [4.78, 5) is 0. The van der Waals surface area contributed by atoms with Gasteiger partial charge in [0, 0.05) is 18.7 Å². The van der Waals surface area contributed by atoms with Crippen LogP contribution in [0, 0.1) is 5.82 Å². The van der Waals surface area contributed by atoms with Crippen LogP contribution in [0.15, 0.2) is 42.5 Å². The molecule has 0 aliphatic rings. The van der Waals surface area contributed by atoms with Crippen LogP contribution < -0.4 is 10.1 Å². The molecule has 0 saturated carbocycles. The molecule has 0 fully saturated rings. The maximum Gasteiger partial charge on any atom is 0.123 e. The highest BCUT2D eigenvalue weighted by Crippen LogP contribution is 2.22. The zero-order chi connectivity index (χ0) is 15.2. The number of nitrogens with one attached hydrogen (secondary N) is 1. The minimum Gasteiger partial charge on any atom is -0.508 e. The van der Waals surface area contributed by atoms with Crippen molar-refractivity contribution in [3.05, 3.63) is 59.4 Å². The fourth-order valence-corrected chi connectivity index (χ4v) is 1.98. The molecule has 21 heavy (non-hydrogen) atoms. The summed E-state index contributed by atoms with van der Waals surface area (Å²) in [5.74, 6) is 0.489. The van der Waals surface area contributed by atoms with E-state index in [-0.39, 0.29) is 11.6 Å². The monoisotopic (exact) mass is 291 g/mol. The van der Waals surface area contributed by atoms with Crippen LogP contribution in [0.4, 0.5) is 4.39 Å². The Morgan fingerprint density at radius 1 is 1.19 bits per heavy atom. The molecule has 2 aromatic carbocycles. The third-order valence-electron chi connectivity index (χ3n) is 3.19. The smallest absolute Gasteiger partial charge is 0.123 e. The number of aliphatic hydroxyl groups is 1. The van der Waals surface area contributed by atoms with Gasteiger partial charge in [-0.3, -0.25) is 0 Å². The highest BCUT2D eigenvalue weighted by Gasteiger charge is 2.08. The van der Waals surface area contributed by atoms with E-state index in [0.29, 0.717) is 30.0 Å². The third kappa shape index (κ3) is 4.18. The van der Waals surface area contributed by atoms with E-state index in [0.717, 1.165) is 0 Å². The van der Waals surface area contributed by atoms with Crippen molar-refractivity contribution in [2.24, 2.45) is 0 Å². The quantitative estimate of drug-likeness (QED) is 0.764. The number of hydrogen-bond donors (Lipinski definition) is 3. The molecule has 4 nitrogen and oxygen atoms in total. The number of methoxy groups -OCH3 is 1. The Kier molecular flexibility index (Phi) is 5.14. The van der Waals surface area contributed by atoms with Gasteiger partial charge in [-0.05, 0) is 35.9 Å². The predicted octanol–water partition coefficient (Wildman–Crippen LogP) is 2.36. The SMILES string of the molecule is COc1ccc(O)c(CNCC(O)c2ccc(F)cc2)c1. The van der Waals surface area contributed by atoms with Gasteiger partial charge in [0.2, 0.25) is 0 Å². The summed E-state index contributed by atoms with van der Waals surface area (Å²) >= 11 is 0. The molecule has 0 aliphatic heterocycles. The fourth-order valence-electron chi connectivity index (χ4n) is 1.98. The Morgan fingerprint density at radius 3 is 2.57 bits per heavy atom. The second kappa shape index (κ2) is 7.06. The summed E-state index contributed by atoms with van der Waals surface area (Å²) in [6.45, 7) is 0.684. The van der Waals surface area contributed by atoms with E-state index in [9.17, 15) is 14.6 Å². The molecule has 0 aliphatic carbocycles. The van der Waals surface area contributed by atoms with Crippen molar-refractivity contribution in [1.82, 2.24) is 5.32 Å². The van der Waals surface area contributed by atoms with Gasteiger partial charge in [0.1, 0.15) is 17.3 Å². The molecule has 112 valence electrons. The lowest BCUT2D eigenvalue weighted by Gasteiger charge is -2.13. The third-order valence-corrected chi connectivity index (χ3v) is 3.19. The van der Waals surface area contributed by atoms with Crippen LogP contribution in [-0.2, 0) is 6.54 Å². The van der Waals surface area contributed by atoms with Crippen molar-refractivity contribution in [2.75, 3.05) is 13.7 Å². The van der Waals surface area contributed by atoms with Crippen LogP contribution in [0.1, 0.15) is 17.2 Å². The normalized spacial score (nSPS) is 12.1. The topological polar surface area (TPSA) is 61.7 Å². The Bertz CT molecular complexity index is 587. The lowest BCUT2D eigenvalue weighted by Crippen LogP contribution is -2.21. The van der Waals surface area contributed by atoms with E-state index in [2.05, 4.69) is 5.32 Å². The molecule has 0 bridgehead atoms. The summed E-state index contributed by atoms with van der Waals surface area (Å²) in [5, 5.41) is 22.8. The number of hydrogen-bond acceptors (Lipinski definition) is 4. The number of rotatable bonds is 6. The molecule has 2 aromatic rings. The van der Waals surface area contributed by atoms with Gasteiger partial charge >= 0.3 is 0 Å². The average molecular weight is 291 g/mol. The van der Waals surface area contributed by atoms with Crippen LogP contribution in [-0.4, -0.2) is 23.9 Å². The van der Waals surface area contributed by atoms with E-state index in [1.807, 2.05) is 0 Å². The zero-order valence-corrected chi connectivity index (χ0v) is 11.7. The molecule has 5 heteroatoms. The van der Waals surface area contributed by atoms with E-state index in [1.165, 1.54) is 12.1 Å². The van der Waals surface area contributed by atoms with Gasteiger partial charge < -0.3 is 20.3 Å². The first-order valence-corrected chi connectivity index (χ1v) is 6.60. The van der Waals surface area contributed by atoms with Crippen molar-refractivity contribution >= 4 is 0 Å². The van der Waals surface area contributed by atoms with Crippen molar-refractivity contribution in [3.8, 4) is 11.5 Å². The van der Waals surface area contributed by atoms with Crippen LogP contribution >= 0.6 is 0 Å². The lowest BCUT2D eigenvalue weighted by molar-refractivity contribution is 0.174. The molecule has 0 saturated heterocycles. The van der Waals surface area contributed by atoms with E-state index >= 15 is 0 Å². The molecule has 0 aromatic heterocycles. The molecule has 0 spiro atoms. The maximum absolute atomic E-state index is 12.8. The summed E-state index contributed by atoms with van der Waals surface area (Å²) in [6, 6.07) is 10.7. The highest BCUT2D eigenvalue weighted by molar-refractivity contribution is 5.39. The van der Waals surface area contributed by atoms with Crippen LogP contribution in [0.5, 0.6) is 11.5 Å². The first kappa shape index (κ1) is 15.3. The standard InChI is InChI=1S/C16H18FNO3/c1-21-14-6-7-15(19)12(8-14)9-18-10-16(20)11-2-4-13(17)5-3-11/h2-8,16,18-20H,9-10H2,1H3. The van der Waals surface area contributed by atoms with Gasteiger partial charge in [-0.25, -0.2) is 4.39 Å². The van der Waals surface area contributed by atoms with Crippen molar-refractivity contribution in [2.45, 2.75) is 12.6 Å². The Labute approximate surface area is 122 Å². The van der Waals surface area contributed by atoms with Crippen LogP contribution in [0.2, 0.25) is 0 Å². The Hall–Kier alpha value is -2.11. The molecular formula is C16H18FNO3. The Balaban J connectivity index is 1.90. The van der Waals surface area contributed by atoms with Gasteiger partial charge in [0.25, 0.3) is 0 Å². The number of halogens is 1. The molecule has 3 N–H and O–H groups in total. The average Bonchev–Trinajstić information content (AvgIpc) is 2.49. The largest absolute Gasteiger partial charge is 0.508 e. The highest BCUT2D eigenvalue weighted by atomic mass is 19.1. The molecule has 1 unspecified atom stereocenters. The first-order valence-electron chi connectivity index (χ1n) is 6.60. The number of phenols is 1. The van der Waals surface area contributed by atoms with Crippen LogP contribution in [0.3, 0.4) is 0 Å². The number of benzene rings is 2. The molecule has 0 heterocycles. The molecule has 0 radical (unpaired) electrons. The minimum absolute atomic E-state index is 0.166. The van der Waals surface area contributed by atoms with Gasteiger partial charge in [0.15, 0.2) is 0 Å². The second-order valence-electron chi connectivity index (χ2n) is 4.69. The summed E-state index contributed by atoms with van der Waals surface area (Å²) in [7, 11) is 1.56. The maximum atomic E-state index is 12.8. The number of aliphatic hydroxyl groups excluding tert-OH is 1. The minimum atomic E-state index is -0.738. The van der Waals surface area contributed by atoms with Crippen molar-refractivity contribution < 1.29 is 19.3 Å². The molecule has 2 rings (SSSR count). The molecule has 0 amide bonds. The van der Waals surface area contributed by atoms with Crippen molar-refractivity contribution in [3.63, 3.8) is 0 Å². The molecular weight excluding hydrogens is 273 g/mol. The number of ether oxygens (including phenoxy) is 1. The van der Waals surface area contributed by atoms with Gasteiger partial charge in [0.05, 0.1) is 13.2 Å². The summed E-state index contributed by atoms with van der Waals surface area (Å²) in [6.07, 6.45) is -0.738. The molecule has 1 atom stereocenters. The van der Waals surface area contributed by atoms with Gasteiger partial charge in [-0.1, -0.05) is 12.1 Å². The second-order valence-corrected chi connectivity index (χ2v) is 4.69. The number of phenolic OH excluding ortho intramolecular Hbond substituents is 1. The summed E-state index contributed by atoms with van der Waals surface area (Å²) in [5.41, 5.74) is 1.32. The Morgan fingerprint density at radius 2 is 1.90 bits per heavy atom. The van der Waals surface area contributed by atoms with Gasteiger partial charge in [-0.15, -0.1) is 0 Å².